The summed E-state index contributed by atoms with van der Waals surface area (Å²) in [6.45, 7) is 11.3. The van der Waals surface area contributed by atoms with Crippen LogP contribution in [0.5, 0.6) is 0 Å². The number of halogens is 3. The maximum Gasteiger partial charge on any atom is 0.255 e. The maximum absolute atomic E-state index is 15.8. The number of nitrogens with zero attached hydrogens (tertiary/aromatic N) is 9. The van der Waals surface area contributed by atoms with Gasteiger partial charge < -0.3 is 19.7 Å². The van der Waals surface area contributed by atoms with Crippen molar-refractivity contribution in [2.24, 2.45) is 0 Å². The molecule has 0 saturated carbocycles. The summed E-state index contributed by atoms with van der Waals surface area (Å²) >= 11 is 0. The number of nitrogens with one attached hydrogen (secondary N) is 2. The Hall–Kier alpha value is -5.94. The number of piperazine rings is 1. The molecule has 60 heavy (non-hydrogen) atoms. The van der Waals surface area contributed by atoms with Gasteiger partial charge in [0.25, 0.3) is 5.91 Å². The zero-order valence-corrected chi connectivity index (χ0v) is 33.7. The fourth-order valence-corrected chi connectivity index (χ4v) is 9.24. The standard InChI is InChI=1S/C43H46F3N11O3/c1-24(2)57-25(3)49-40-32(44)18-27(19-35(40)57)39-33(45)21-48-43(52-39)50-36-8-5-29(20-47-36)54-12-10-28(11-13-54)55-16-14-53(15-17-55)22-26-4-6-30-31(38(26)46)23-56(42(30)60)34-7-9-37(58)51-41(34)59/h4-6,8,18-21,24,28,34H,7,9-17,22-23H2,1-3H3,(H,51,58,59)(H,47,48,50,52). The lowest BCUT2D eigenvalue weighted by atomic mass is 10.0. The predicted molar refractivity (Wildman–Crippen MR) is 218 cm³/mol. The normalized spacial score (nSPS) is 19.4. The van der Waals surface area contributed by atoms with Crippen molar-refractivity contribution in [3.63, 3.8) is 0 Å². The molecule has 4 aliphatic heterocycles. The van der Waals surface area contributed by atoms with Crippen LogP contribution < -0.4 is 15.5 Å². The summed E-state index contributed by atoms with van der Waals surface area (Å²) in [6.07, 6.45) is 5.23. The zero-order chi connectivity index (χ0) is 41.8. The number of amides is 3. The van der Waals surface area contributed by atoms with Crippen LogP contribution in [0, 0.1) is 24.4 Å². The molecule has 1 unspecified atom stereocenters. The molecule has 3 amide bonds. The van der Waals surface area contributed by atoms with Crippen LogP contribution in [-0.4, -0.2) is 108 Å². The van der Waals surface area contributed by atoms with E-state index >= 15 is 13.2 Å². The van der Waals surface area contributed by atoms with Crippen molar-refractivity contribution in [3.05, 3.63) is 88.8 Å². The number of anilines is 3. The Morgan fingerprint density at radius 1 is 0.883 bits per heavy atom. The third-order valence-corrected chi connectivity index (χ3v) is 12.3. The molecule has 3 fully saturated rings. The van der Waals surface area contributed by atoms with Crippen molar-refractivity contribution in [2.75, 3.05) is 49.5 Å². The van der Waals surface area contributed by atoms with Crippen LogP contribution in [0.15, 0.2) is 48.8 Å². The van der Waals surface area contributed by atoms with Crippen molar-refractivity contribution in [1.82, 2.24) is 44.5 Å². The summed E-state index contributed by atoms with van der Waals surface area (Å²) in [5.41, 5.74) is 3.18. The Kier molecular flexibility index (Phi) is 10.5. The third kappa shape index (κ3) is 7.44. The number of imide groups is 1. The molecule has 0 bridgehead atoms. The lowest BCUT2D eigenvalue weighted by Crippen LogP contribution is -2.53. The highest BCUT2D eigenvalue weighted by Gasteiger charge is 2.41. The molecule has 5 aromatic rings. The lowest BCUT2D eigenvalue weighted by molar-refractivity contribution is -0.136. The monoisotopic (exact) mass is 821 g/mol. The highest BCUT2D eigenvalue weighted by Crippen LogP contribution is 2.33. The number of carbonyl (C=O) groups excluding carboxylic acids is 3. The van der Waals surface area contributed by atoms with Gasteiger partial charge >= 0.3 is 0 Å². The Balaban J connectivity index is 0.769. The summed E-state index contributed by atoms with van der Waals surface area (Å²) in [5.74, 6) is -1.57. The van der Waals surface area contributed by atoms with E-state index in [1.807, 2.05) is 37.5 Å². The van der Waals surface area contributed by atoms with Crippen molar-refractivity contribution in [1.29, 1.82) is 0 Å². The number of aromatic nitrogens is 5. The number of carbonyl (C=O) groups is 3. The zero-order valence-electron chi connectivity index (χ0n) is 33.7. The average Bonchev–Trinajstić information content (AvgIpc) is 3.76. The van der Waals surface area contributed by atoms with E-state index in [0.29, 0.717) is 40.9 Å². The number of fused-ring (bicyclic) bond motifs is 2. The first-order valence-electron chi connectivity index (χ1n) is 20.5. The fourth-order valence-electron chi connectivity index (χ4n) is 9.24. The van der Waals surface area contributed by atoms with Crippen LogP contribution in [0.1, 0.15) is 72.9 Å². The summed E-state index contributed by atoms with van der Waals surface area (Å²) < 4.78 is 48.0. The molecule has 2 aromatic carbocycles. The number of hydrogen-bond acceptors (Lipinski definition) is 11. The molecule has 3 aromatic heterocycles. The van der Waals surface area contributed by atoms with Gasteiger partial charge in [-0.15, -0.1) is 0 Å². The van der Waals surface area contributed by atoms with E-state index in [1.165, 1.54) is 11.0 Å². The lowest BCUT2D eigenvalue weighted by Gasteiger charge is -2.43. The van der Waals surface area contributed by atoms with Crippen LogP contribution in [0.3, 0.4) is 0 Å². The van der Waals surface area contributed by atoms with E-state index in [2.05, 4.69) is 45.3 Å². The van der Waals surface area contributed by atoms with Crippen molar-refractivity contribution in [3.8, 4) is 11.3 Å². The van der Waals surface area contributed by atoms with Gasteiger partial charge in [0.2, 0.25) is 17.8 Å². The van der Waals surface area contributed by atoms with Gasteiger partial charge in [-0.1, -0.05) is 6.07 Å². The molecule has 2 N–H and O–H groups in total. The second kappa shape index (κ2) is 15.9. The Bertz CT molecular complexity index is 2500. The second-order valence-corrected chi connectivity index (χ2v) is 16.4. The smallest absolute Gasteiger partial charge is 0.255 e. The van der Waals surface area contributed by atoms with E-state index in [4.69, 9.17) is 0 Å². The van der Waals surface area contributed by atoms with E-state index in [1.54, 1.807) is 24.4 Å². The minimum absolute atomic E-state index is 0.0186. The maximum atomic E-state index is 15.8. The molecular formula is C43H46F3N11O3. The molecule has 0 radical (unpaired) electrons. The Morgan fingerprint density at radius 2 is 1.67 bits per heavy atom. The van der Waals surface area contributed by atoms with Gasteiger partial charge in [0, 0.05) is 86.6 Å². The number of benzene rings is 2. The summed E-state index contributed by atoms with van der Waals surface area (Å²) in [5, 5.41) is 5.35. The molecule has 312 valence electrons. The number of piperidine rings is 2. The molecule has 7 heterocycles. The van der Waals surface area contributed by atoms with Gasteiger partial charge in [-0.2, -0.15) is 0 Å². The minimum Gasteiger partial charge on any atom is -0.370 e. The van der Waals surface area contributed by atoms with Crippen molar-refractivity contribution in [2.45, 2.75) is 77.7 Å². The molecular weight excluding hydrogens is 776 g/mol. The second-order valence-electron chi connectivity index (χ2n) is 16.4. The molecule has 1 atom stereocenters. The SMILES string of the molecule is Cc1nc2c(F)cc(-c3nc(Nc4ccc(N5CCC(N6CCN(Cc7ccc8c(c7F)CN(C7CCC(=O)NC7=O)C8=O)CC6)CC5)cn4)ncc3F)cc2n1C(C)C. The molecule has 17 heteroatoms. The average molecular weight is 822 g/mol. The molecule has 9 rings (SSSR count). The molecule has 14 nitrogen and oxygen atoms in total. The highest BCUT2D eigenvalue weighted by molar-refractivity contribution is 6.05. The fraction of sp³-hybridized carbons (Fsp3) is 0.419. The van der Waals surface area contributed by atoms with E-state index in [9.17, 15) is 14.4 Å². The molecule has 0 spiro atoms. The number of imidazole rings is 1. The third-order valence-electron chi connectivity index (χ3n) is 12.3. The van der Waals surface area contributed by atoms with Gasteiger partial charge in [-0.3, -0.25) is 29.5 Å². The van der Waals surface area contributed by atoms with E-state index in [-0.39, 0.29) is 65.5 Å². The van der Waals surface area contributed by atoms with Gasteiger partial charge in [0.05, 0.1) is 30.1 Å². The Morgan fingerprint density at radius 3 is 2.38 bits per heavy atom. The van der Waals surface area contributed by atoms with Gasteiger partial charge in [0.15, 0.2) is 11.6 Å². The van der Waals surface area contributed by atoms with Crippen molar-refractivity contribution < 1.29 is 27.6 Å². The number of hydrogen-bond donors (Lipinski definition) is 2. The van der Waals surface area contributed by atoms with Gasteiger partial charge in [-0.25, -0.2) is 33.1 Å². The first kappa shape index (κ1) is 39.5. The van der Waals surface area contributed by atoms with Gasteiger partial charge in [-0.05, 0) is 70.4 Å². The first-order valence-corrected chi connectivity index (χ1v) is 20.5. The van der Waals surface area contributed by atoms with E-state index < -0.39 is 29.4 Å². The summed E-state index contributed by atoms with van der Waals surface area (Å²) in [7, 11) is 0. The van der Waals surface area contributed by atoms with Crippen LogP contribution in [0.2, 0.25) is 0 Å². The summed E-state index contributed by atoms with van der Waals surface area (Å²) in [4.78, 5) is 63.1. The largest absolute Gasteiger partial charge is 0.370 e. The molecule has 0 aliphatic carbocycles. The summed E-state index contributed by atoms with van der Waals surface area (Å²) in [6, 6.07) is 9.81. The van der Waals surface area contributed by atoms with Crippen LogP contribution in [0.25, 0.3) is 22.3 Å². The molecule has 4 aliphatic rings. The number of rotatable bonds is 9. The van der Waals surface area contributed by atoms with Crippen LogP contribution >= 0.6 is 0 Å². The molecule has 3 saturated heterocycles. The predicted octanol–water partition coefficient (Wildman–Crippen LogP) is 5.49. The van der Waals surface area contributed by atoms with Crippen LogP contribution in [-0.2, 0) is 22.7 Å². The number of aryl methyl sites for hydroxylation is 1. The van der Waals surface area contributed by atoms with Crippen LogP contribution in [0.4, 0.5) is 30.6 Å². The quantitative estimate of drug-likeness (QED) is 0.182. The Labute approximate surface area is 344 Å². The van der Waals surface area contributed by atoms with Crippen molar-refractivity contribution >= 4 is 46.2 Å². The number of pyridine rings is 1. The van der Waals surface area contributed by atoms with E-state index in [0.717, 1.165) is 64.0 Å². The first-order chi connectivity index (χ1) is 28.9. The highest BCUT2D eigenvalue weighted by atomic mass is 19.1. The van der Waals surface area contributed by atoms with Gasteiger partial charge in [0.1, 0.15) is 34.7 Å². The topological polar surface area (TPSA) is 145 Å². The minimum atomic E-state index is -0.778.